The monoisotopic (exact) mass is 300 g/mol. The number of hydrogen-bond donors (Lipinski definition) is 1. The molecule has 5 heteroatoms. The molecule has 0 aromatic heterocycles. The second kappa shape index (κ2) is 6.53. The summed E-state index contributed by atoms with van der Waals surface area (Å²) in [6.45, 7) is 2.34. The fraction of sp³-hybridized carbons (Fsp3) is 0.188. The second-order valence-electron chi connectivity index (χ2n) is 4.71. The number of benzene rings is 2. The number of nitriles is 1. The molecule has 0 atom stereocenters. The van der Waals surface area contributed by atoms with Crippen LogP contribution in [-0.2, 0) is 16.4 Å². The zero-order chi connectivity index (χ0) is 15.3. The van der Waals surface area contributed by atoms with E-state index >= 15 is 0 Å². The van der Waals surface area contributed by atoms with Gasteiger partial charge in [0.15, 0.2) is 0 Å². The molecule has 0 spiro atoms. The quantitative estimate of drug-likeness (QED) is 0.921. The van der Waals surface area contributed by atoms with Crippen LogP contribution in [0, 0.1) is 18.3 Å². The summed E-state index contributed by atoms with van der Waals surface area (Å²) >= 11 is 0. The van der Waals surface area contributed by atoms with Gasteiger partial charge in [-0.1, -0.05) is 24.3 Å². The van der Waals surface area contributed by atoms with Crippen molar-refractivity contribution in [3.05, 3.63) is 65.2 Å². The molecule has 0 saturated heterocycles. The molecule has 21 heavy (non-hydrogen) atoms. The predicted octanol–water partition coefficient (Wildman–Crippen LogP) is 2.39. The molecule has 0 fully saturated rings. The summed E-state index contributed by atoms with van der Waals surface area (Å²) in [5.74, 6) is 0. The Hall–Kier alpha value is -2.16. The lowest BCUT2D eigenvalue weighted by atomic mass is 10.1. The van der Waals surface area contributed by atoms with Crippen LogP contribution in [0.5, 0.6) is 0 Å². The molecule has 0 heterocycles. The minimum Gasteiger partial charge on any atom is -0.211 e. The maximum absolute atomic E-state index is 12.1. The van der Waals surface area contributed by atoms with Gasteiger partial charge in [0, 0.05) is 6.54 Å². The van der Waals surface area contributed by atoms with Gasteiger partial charge in [-0.15, -0.1) is 0 Å². The lowest BCUT2D eigenvalue weighted by molar-refractivity contribution is 0.581. The van der Waals surface area contributed by atoms with E-state index in [0.29, 0.717) is 18.5 Å². The van der Waals surface area contributed by atoms with E-state index in [2.05, 4.69) is 4.72 Å². The Labute approximate surface area is 125 Å². The third-order valence-electron chi connectivity index (χ3n) is 3.24. The van der Waals surface area contributed by atoms with Crippen LogP contribution in [0.2, 0.25) is 0 Å². The van der Waals surface area contributed by atoms with Gasteiger partial charge in [0.2, 0.25) is 10.0 Å². The summed E-state index contributed by atoms with van der Waals surface area (Å²) in [5.41, 5.74) is 2.71. The van der Waals surface area contributed by atoms with Crippen LogP contribution < -0.4 is 4.72 Å². The van der Waals surface area contributed by atoms with Crippen molar-refractivity contribution in [2.75, 3.05) is 6.54 Å². The summed E-state index contributed by atoms with van der Waals surface area (Å²) in [6, 6.07) is 15.7. The van der Waals surface area contributed by atoms with Crippen molar-refractivity contribution in [2.45, 2.75) is 18.2 Å². The number of sulfonamides is 1. The lowest BCUT2D eigenvalue weighted by Crippen LogP contribution is -2.26. The normalized spacial score (nSPS) is 11.0. The van der Waals surface area contributed by atoms with Crippen molar-refractivity contribution in [3.63, 3.8) is 0 Å². The van der Waals surface area contributed by atoms with E-state index in [9.17, 15) is 8.42 Å². The van der Waals surface area contributed by atoms with E-state index in [1.54, 1.807) is 0 Å². The van der Waals surface area contributed by atoms with Crippen LogP contribution in [0.3, 0.4) is 0 Å². The average Bonchev–Trinajstić information content (AvgIpc) is 2.49. The minimum absolute atomic E-state index is 0.172. The van der Waals surface area contributed by atoms with E-state index in [0.717, 1.165) is 11.1 Å². The summed E-state index contributed by atoms with van der Waals surface area (Å²) < 4.78 is 26.8. The van der Waals surface area contributed by atoms with Crippen molar-refractivity contribution in [3.8, 4) is 6.07 Å². The molecular weight excluding hydrogens is 284 g/mol. The van der Waals surface area contributed by atoms with Crippen molar-refractivity contribution in [1.82, 2.24) is 4.72 Å². The highest BCUT2D eigenvalue weighted by Gasteiger charge is 2.13. The topological polar surface area (TPSA) is 70.0 Å². The number of hydrogen-bond acceptors (Lipinski definition) is 3. The molecule has 0 unspecified atom stereocenters. The van der Waals surface area contributed by atoms with Crippen LogP contribution >= 0.6 is 0 Å². The Bertz CT molecular complexity index is 760. The smallest absolute Gasteiger partial charge is 0.211 e. The van der Waals surface area contributed by atoms with Crippen LogP contribution in [0.4, 0.5) is 0 Å². The first kappa shape index (κ1) is 15.2. The maximum atomic E-state index is 12.1. The molecule has 2 aromatic carbocycles. The third kappa shape index (κ3) is 3.91. The maximum Gasteiger partial charge on any atom is 0.240 e. The minimum atomic E-state index is -3.53. The van der Waals surface area contributed by atoms with Gasteiger partial charge in [-0.3, -0.25) is 0 Å². The number of nitrogens with zero attached hydrogens (tertiary/aromatic N) is 1. The fourth-order valence-electron chi connectivity index (χ4n) is 2.00. The first-order valence-electron chi connectivity index (χ1n) is 6.57. The zero-order valence-corrected chi connectivity index (χ0v) is 12.5. The molecule has 1 N–H and O–H groups in total. The van der Waals surface area contributed by atoms with Gasteiger partial charge in [0.25, 0.3) is 0 Å². The summed E-state index contributed by atoms with van der Waals surface area (Å²) in [4.78, 5) is 0.172. The SMILES string of the molecule is Cc1ccccc1CCNS(=O)(=O)c1ccc(C#N)cc1. The molecule has 0 radical (unpaired) electrons. The highest BCUT2D eigenvalue weighted by Crippen LogP contribution is 2.11. The van der Waals surface area contributed by atoms with Crippen LogP contribution in [0.1, 0.15) is 16.7 Å². The predicted molar refractivity (Wildman–Crippen MR) is 81.2 cm³/mol. The number of rotatable bonds is 5. The van der Waals surface area contributed by atoms with E-state index in [4.69, 9.17) is 5.26 Å². The standard InChI is InChI=1S/C16H16N2O2S/c1-13-4-2-3-5-15(13)10-11-18-21(19,20)16-8-6-14(12-17)7-9-16/h2-9,18H,10-11H2,1H3. The molecule has 108 valence electrons. The van der Waals surface area contributed by atoms with Gasteiger partial charge in [-0.2, -0.15) is 5.26 Å². The molecule has 0 aliphatic rings. The van der Waals surface area contributed by atoms with Crippen molar-refractivity contribution >= 4 is 10.0 Å². The molecule has 4 nitrogen and oxygen atoms in total. The Morgan fingerprint density at radius 1 is 1.10 bits per heavy atom. The molecule has 0 aliphatic carbocycles. The Morgan fingerprint density at radius 3 is 2.38 bits per heavy atom. The van der Waals surface area contributed by atoms with E-state index in [1.807, 2.05) is 37.3 Å². The summed E-state index contributed by atoms with van der Waals surface area (Å²) in [6.07, 6.45) is 0.641. The third-order valence-corrected chi connectivity index (χ3v) is 4.72. The first-order valence-corrected chi connectivity index (χ1v) is 8.05. The summed E-state index contributed by atoms with van der Waals surface area (Å²) in [7, 11) is -3.53. The van der Waals surface area contributed by atoms with Gasteiger partial charge in [-0.05, 0) is 48.7 Å². The molecule has 0 aliphatic heterocycles. The van der Waals surface area contributed by atoms with Crippen LogP contribution in [-0.4, -0.2) is 15.0 Å². The Morgan fingerprint density at radius 2 is 1.76 bits per heavy atom. The molecule has 0 saturated carbocycles. The van der Waals surface area contributed by atoms with Crippen molar-refractivity contribution in [1.29, 1.82) is 5.26 Å². The second-order valence-corrected chi connectivity index (χ2v) is 6.48. The van der Waals surface area contributed by atoms with Crippen LogP contribution in [0.15, 0.2) is 53.4 Å². The number of nitrogens with one attached hydrogen (secondary N) is 1. The average molecular weight is 300 g/mol. The van der Waals surface area contributed by atoms with E-state index in [1.165, 1.54) is 24.3 Å². The Balaban J connectivity index is 2.01. The van der Waals surface area contributed by atoms with Gasteiger partial charge in [0.1, 0.15) is 0 Å². The van der Waals surface area contributed by atoms with Gasteiger partial charge >= 0.3 is 0 Å². The van der Waals surface area contributed by atoms with Crippen molar-refractivity contribution < 1.29 is 8.42 Å². The summed E-state index contributed by atoms with van der Waals surface area (Å²) in [5, 5.41) is 8.71. The van der Waals surface area contributed by atoms with E-state index in [-0.39, 0.29) is 4.90 Å². The molecule has 0 amide bonds. The lowest BCUT2D eigenvalue weighted by Gasteiger charge is -2.08. The zero-order valence-electron chi connectivity index (χ0n) is 11.7. The first-order chi connectivity index (χ1) is 10.0. The van der Waals surface area contributed by atoms with Crippen molar-refractivity contribution in [2.24, 2.45) is 0 Å². The van der Waals surface area contributed by atoms with Crippen LogP contribution in [0.25, 0.3) is 0 Å². The molecular formula is C16H16N2O2S. The highest BCUT2D eigenvalue weighted by molar-refractivity contribution is 7.89. The highest BCUT2D eigenvalue weighted by atomic mass is 32.2. The molecule has 0 bridgehead atoms. The van der Waals surface area contributed by atoms with Gasteiger partial charge in [-0.25, -0.2) is 13.1 Å². The van der Waals surface area contributed by atoms with E-state index < -0.39 is 10.0 Å². The number of aryl methyl sites for hydroxylation is 1. The van der Waals surface area contributed by atoms with Gasteiger partial charge in [0.05, 0.1) is 16.5 Å². The Kier molecular flexibility index (Phi) is 4.73. The molecule has 2 aromatic rings. The largest absolute Gasteiger partial charge is 0.240 e. The van der Waals surface area contributed by atoms with Gasteiger partial charge < -0.3 is 0 Å². The molecule has 2 rings (SSSR count). The fourth-order valence-corrected chi connectivity index (χ4v) is 3.03.